The van der Waals surface area contributed by atoms with Crippen molar-refractivity contribution in [1.82, 2.24) is 15.6 Å². The van der Waals surface area contributed by atoms with Gasteiger partial charge in [-0.25, -0.2) is 4.79 Å². The van der Waals surface area contributed by atoms with E-state index in [-0.39, 0.29) is 18.3 Å². The zero-order valence-electron chi connectivity index (χ0n) is 18.9. The Morgan fingerprint density at radius 1 is 1.23 bits per heavy atom. The molecule has 0 saturated carbocycles. The van der Waals surface area contributed by atoms with Crippen LogP contribution >= 0.6 is 11.6 Å². The minimum absolute atomic E-state index is 0.105. The molecule has 4 N–H and O–H groups in total. The minimum Gasteiger partial charge on any atom is -0.494 e. The van der Waals surface area contributed by atoms with Crippen molar-refractivity contribution in [2.75, 3.05) is 25.0 Å². The Balaban J connectivity index is 1.24. The topological polar surface area (TPSA) is 138 Å². The highest BCUT2D eigenvalue weighted by Gasteiger charge is 2.20. The fourth-order valence-electron chi connectivity index (χ4n) is 3.50. The van der Waals surface area contributed by atoms with E-state index in [9.17, 15) is 14.7 Å². The average Bonchev–Trinajstić information content (AvgIpc) is 3.24. The van der Waals surface area contributed by atoms with Gasteiger partial charge < -0.3 is 24.9 Å². The van der Waals surface area contributed by atoms with Crippen LogP contribution in [0, 0.1) is 0 Å². The van der Waals surface area contributed by atoms with Gasteiger partial charge in [-0.2, -0.15) is 4.98 Å². The Bertz CT molecular complexity index is 1210. The fraction of sp³-hybridized carbons (Fsp3) is 0.333. The number of halogens is 1. The van der Waals surface area contributed by atoms with Gasteiger partial charge in [0.1, 0.15) is 17.3 Å². The summed E-state index contributed by atoms with van der Waals surface area (Å²) >= 11 is 5.96. The molecule has 2 heterocycles. The Labute approximate surface area is 206 Å². The summed E-state index contributed by atoms with van der Waals surface area (Å²) < 4.78 is 11.3. The summed E-state index contributed by atoms with van der Waals surface area (Å²) in [6.07, 6.45) is 2.06. The number of carboxylic acids is 1. The first-order chi connectivity index (χ1) is 17.0. The number of amides is 1. The minimum atomic E-state index is -1.03. The fourth-order valence-corrected chi connectivity index (χ4v) is 3.67. The molecule has 0 saturated heterocycles. The molecule has 1 amide bonds. The number of carbonyl (C=O) groups excluding carboxylic acids is 1. The third-order valence-electron chi connectivity index (χ3n) is 5.28. The van der Waals surface area contributed by atoms with E-state index in [1.165, 1.54) is 0 Å². The first-order valence-corrected chi connectivity index (χ1v) is 11.7. The lowest BCUT2D eigenvalue weighted by atomic mass is 10.1. The first-order valence-electron chi connectivity index (χ1n) is 11.3. The number of guanidine groups is 1. The van der Waals surface area contributed by atoms with Gasteiger partial charge >= 0.3 is 5.97 Å². The Kier molecular flexibility index (Phi) is 8.04. The van der Waals surface area contributed by atoms with E-state index in [0.717, 1.165) is 25.1 Å². The Morgan fingerprint density at radius 2 is 2.06 bits per heavy atom. The Morgan fingerprint density at radius 3 is 2.80 bits per heavy atom. The first kappa shape index (κ1) is 24.3. The third kappa shape index (κ3) is 7.10. The number of benzene rings is 2. The van der Waals surface area contributed by atoms with Crippen LogP contribution in [0.1, 0.15) is 24.8 Å². The summed E-state index contributed by atoms with van der Waals surface area (Å²) in [6, 6.07) is 11.3. The number of fused-ring (bicyclic) bond motifs is 1. The summed E-state index contributed by atoms with van der Waals surface area (Å²) in [5.41, 5.74) is 1.86. The number of nitrogens with one attached hydrogen (secondary N) is 3. The highest BCUT2D eigenvalue weighted by Crippen LogP contribution is 2.23. The second-order valence-corrected chi connectivity index (χ2v) is 8.46. The van der Waals surface area contributed by atoms with Crippen molar-refractivity contribution in [3.8, 4) is 5.75 Å². The SMILES string of the molecule is O=C(CCCOc1ccc(CC(Nc2nc3cc(Cl)ccc3o2)C(=O)O)cc1)NC1=NCCCN1. The maximum atomic E-state index is 12.0. The second kappa shape index (κ2) is 11.6. The lowest BCUT2D eigenvalue weighted by molar-refractivity contribution is -0.138. The molecule has 1 aliphatic heterocycles. The maximum Gasteiger partial charge on any atom is 0.326 e. The highest BCUT2D eigenvalue weighted by atomic mass is 35.5. The third-order valence-corrected chi connectivity index (χ3v) is 5.52. The quantitative estimate of drug-likeness (QED) is 0.312. The number of aliphatic carboxylic acids is 1. The van der Waals surface area contributed by atoms with Gasteiger partial charge in [0.15, 0.2) is 11.5 Å². The molecule has 0 aliphatic carbocycles. The molecule has 0 fully saturated rings. The van der Waals surface area contributed by atoms with Crippen molar-refractivity contribution in [2.24, 2.45) is 4.99 Å². The molecule has 1 unspecified atom stereocenters. The second-order valence-electron chi connectivity index (χ2n) is 8.03. The van der Waals surface area contributed by atoms with Crippen molar-refractivity contribution < 1.29 is 23.8 Å². The molecule has 3 aromatic rings. The van der Waals surface area contributed by atoms with Gasteiger partial charge in [0.25, 0.3) is 6.01 Å². The van der Waals surface area contributed by atoms with E-state index in [2.05, 4.69) is 25.9 Å². The van der Waals surface area contributed by atoms with Gasteiger partial charge in [0, 0.05) is 31.0 Å². The lowest BCUT2D eigenvalue weighted by Crippen LogP contribution is -2.43. The maximum absolute atomic E-state index is 12.0. The number of hydrogen-bond acceptors (Lipinski definition) is 8. The van der Waals surface area contributed by atoms with E-state index in [4.69, 9.17) is 20.8 Å². The van der Waals surface area contributed by atoms with Crippen LogP contribution in [0.4, 0.5) is 6.01 Å². The normalized spacial score (nSPS) is 14.0. The van der Waals surface area contributed by atoms with Gasteiger partial charge in [-0.05, 0) is 48.7 Å². The molecule has 10 nitrogen and oxygen atoms in total. The number of carboxylic acid groups (broad SMARTS) is 1. The summed E-state index contributed by atoms with van der Waals surface area (Å²) in [5.74, 6) is 0.0418. The predicted octanol–water partition coefficient (Wildman–Crippen LogP) is 3.21. The van der Waals surface area contributed by atoms with Crippen LogP contribution in [-0.4, -0.2) is 53.7 Å². The molecule has 1 atom stereocenters. The van der Waals surface area contributed by atoms with E-state index in [0.29, 0.717) is 47.3 Å². The van der Waals surface area contributed by atoms with Crippen molar-refractivity contribution in [2.45, 2.75) is 31.7 Å². The van der Waals surface area contributed by atoms with Crippen LogP contribution in [0.5, 0.6) is 5.75 Å². The van der Waals surface area contributed by atoms with E-state index in [1.807, 2.05) is 0 Å². The largest absolute Gasteiger partial charge is 0.494 e. The van der Waals surface area contributed by atoms with Gasteiger partial charge in [-0.3, -0.25) is 15.1 Å². The number of nitrogens with zero attached hydrogens (tertiary/aromatic N) is 2. The van der Waals surface area contributed by atoms with Gasteiger partial charge in [0.05, 0.1) is 6.61 Å². The van der Waals surface area contributed by atoms with Crippen LogP contribution in [0.25, 0.3) is 11.1 Å². The van der Waals surface area contributed by atoms with Crippen LogP contribution in [0.15, 0.2) is 51.9 Å². The number of anilines is 1. The average molecular weight is 500 g/mol. The summed E-state index contributed by atoms with van der Waals surface area (Å²) in [7, 11) is 0. The molecule has 2 aromatic carbocycles. The Hall–Kier alpha value is -3.79. The molecule has 1 aromatic heterocycles. The summed E-state index contributed by atoms with van der Waals surface area (Å²) in [6.45, 7) is 1.92. The van der Waals surface area contributed by atoms with Crippen molar-refractivity contribution in [3.63, 3.8) is 0 Å². The zero-order chi connectivity index (χ0) is 24.6. The molecular weight excluding hydrogens is 474 g/mol. The van der Waals surface area contributed by atoms with Crippen LogP contribution in [0.2, 0.25) is 5.02 Å². The molecule has 4 rings (SSSR count). The monoisotopic (exact) mass is 499 g/mol. The molecule has 35 heavy (non-hydrogen) atoms. The van der Waals surface area contributed by atoms with E-state index in [1.54, 1.807) is 42.5 Å². The number of oxazole rings is 1. The number of hydrogen-bond donors (Lipinski definition) is 4. The number of ether oxygens (including phenoxy) is 1. The number of carbonyl (C=O) groups is 2. The highest BCUT2D eigenvalue weighted by molar-refractivity contribution is 6.31. The molecule has 0 radical (unpaired) electrons. The molecular formula is C24H26ClN5O5. The predicted molar refractivity (Wildman–Crippen MR) is 132 cm³/mol. The number of aliphatic imine (C=N–C) groups is 1. The summed E-state index contributed by atoms with van der Waals surface area (Å²) in [4.78, 5) is 32.2. The lowest BCUT2D eigenvalue weighted by Gasteiger charge is -2.15. The summed E-state index contributed by atoms with van der Waals surface area (Å²) in [5, 5.41) is 18.8. The van der Waals surface area contributed by atoms with E-state index >= 15 is 0 Å². The number of rotatable bonds is 10. The smallest absolute Gasteiger partial charge is 0.326 e. The van der Waals surface area contributed by atoms with Crippen molar-refractivity contribution >= 4 is 46.6 Å². The van der Waals surface area contributed by atoms with Gasteiger partial charge in [0.2, 0.25) is 5.91 Å². The van der Waals surface area contributed by atoms with Crippen molar-refractivity contribution in [1.29, 1.82) is 0 Å². The van der Waals surface area contributed by atoms with Crippen LogP contribution in [-0.2, 0) is 16.0 Å². The van der Waals surface area contributed by atoms with Crippen molar-refractivity contribution in [3.05, 3.63) is 53.1 Å². The van der Waals surface area contributed by atoms with Crippen LogP contribution in [0.3, 0.4) is 0 Å². The molecule has 0 spiro atoms. The standard InChI is InChI=1S/C24H26ClN5O5/c25-16-6-9-20-18(14-16)28-24(35-20)29-19(22(32)33)13-15-4-7-17(8-5-15)34-12-1-3-21(31)30-23-26-10-2-11-27-23/h4-9,14,19H,1-3,10-13H2,(H,28,29)(H,32,33)(H2,26,27,30,31). The molecule has 11 heteroatoms. The van der Waals surface area contributed by atoms with Gasteiger partial charge in [-0.15, -0.1) is 0 Å². The van der Waals surface area contributed by atoms with E-state index < -0.39 is 12.0 Å². The molecule has 0 bridgehead atoms. The van der Waals surface area contributed by atoms with Gasteiger partial charge in [-0.1, -0.05) is 23.7 Å². The molecule has 1 aliphatic rings. The zero-order valence-corrected chi connectivity index (χ0v) is 19.7. The van der Waals surface area contributed by atoms with Crippen LogP contribution < -0.4 is 20.7 Å². The number of aromatic nitrogens is 1. The molecule has 184 valence electrons.